The molecule has 1 aromatic rings. The van der Waals surface area contributed by atoms with E-state index in [1.165, 1.54) is 7.11 Å². The summed E-state index contributed by atoms with van der Waals surface area (Å²) in [5.74, 6) is -0.608. The lowest BCUT2D eigenvalue weighted by atomic mass is 9.92. The van der Waals surface area contributed by atoms with Crippen LogP contribution in [0.4, 0.5) is 0 Å². The first kappa shape index (κ1) is 17.5. The summed E-state index contributed by atoms with van der Waals surface area (Å²) in [5, 5.41) is 3.47. The van der Waals surface area contributed by atoms with Crippen LogP contribution in [-0.4, -0.2) is 24.5 Å². The zero-order valence-electron chi connectivity index (χ0n) is 13.0. The van der Waals surface area contributed by atoms with Gasteiger partial charge in [0.2, 0.25) is 5.91 Å². The van der Waals surface area contributed by atoms with Crippen molar-refractivity contribution in [2.24, 2.45) is 0 Å². The molecule has 0 saturated carbocycles. The summed E-state index contributed by atoms with van der Waals surface area (Å²) in [5.41, 5.74) is 0.892. The maximum absolute atomic E-state index is 12.3. The third-order valence-electron chi connectivity index (χ3n) is 3.82. The Kier molecular flexibility index (Phi) is 6.21. The molecule has 0 unspecified atom stereocenters. The van der Waals surface area contributed by atoms with Crippen LogP contribution in [0.25, 0.3) is 0 Å². The van der Waals surface area contributed by atoms with E-state index in [2.05, 4.69) is 5.32 Å². The Morgan fingerprint density at radius 3 is 2.38 bits per heavy atom. The van der Waals surface area contributed by atoms with Crippen molar-refractivity contribution in [3.8, 4) is 0 Å². The van der Waals surface area contributed by atoms with Crippen LogP contribution < -0.4 is 5.32 Å². The first-order chi connectivity index (χ1) is 9.88. The molecule has 1 rings (SSSR count). The van der Waals surface area contributed by atoms with Crippen LogP contribution in [0.15, 0.2) is 18.2 Å². The Bertz CT molecular complexity index is 524. The summed E-state index contributed by atoms with van der Waals surface area (Å²) in [6, 6.07) is 5.40. The third kappa shape index (κ3) is 4.21. The molecule has 0 saturated heterocycles. The molecule has 21 heavy (non-hydrogen) atoms. The Labute approximate surface area is 130 Å². The van der Waals surface area contributed by atoms with E-state index in [9.17, 15) is 9.59 Å². The first-order valence-corrected chi connectivity index (χ1v) is 7.40. The third-order valence-corrected chi connectivity index (χ3v) is 4.05. The summed E-state index contributed by atoms with van der Waals surface area (Å²) < 4.78 is 4.82. The van der Waals surface area contributed by atoms with Gasteiger partial charge in [0.25, 0.3) is 0 Å². The monoisotopic (exact) mass is 311 g/mol. The smallest absolute Gasteiger partial charge is 0.331 e. The zero-order chi connectivity index (χ0) is 16.0. The van der Waals surface area contributed by atoms with Crippen molar-refractivity contribution in [2.45, 2.75) is 45.6 Å². The van der Waals surface area contributed by atoms with E-state index in [0.717, 1.165) is 11.1 Å². The number of nitrogens with one attached hydrogen (secondary N) is 1. The lowest BCUT2D eigenvalue weighted by molar-refractivity contribution is -0.151. The largest absolute Gasteiger partial charge is 0.467 e. The minimum atomic E-state index is -0.952. The maximum atomic E-state index is 12.3. The molecule has 0 atom stereocenters. The summed E-state index contributed by atoms with van der Waals surface area (Å²) in [6.07, 6.45) is 1.19. The molecule has 116 valence electrons. The van der Waals surface area contributed by atoms with E-state index in [-0.39, 0.29) is 12.3 Å². The number of rotatable bonds is 6. The molecule has 0 spiro atoms. The Hall–Kier alpha value is -1.55. The van der Waals surface area contributed by atoms with Gasteiger partial charge in [-0.3, -0.25) is 4.79 Å². The second kappa shape index (κ2) is 7.46. The Morgan fingerprint density at radius 1 is 1.29 bits per heavy atom. The van der Waals surface area contributed by atoms with Crippen molar-refractivity contribution >= 4 is 23.5 Å². The van der Waals surface area contributed by atoms with Gasteiger partial charge >= 0.3 is 5.97 Å². The van der Waals surface area contributed by atoms with Gasteiger partial charge in [-0.05, 0) is 43.0 Å². The number of benzene rings is 1. The van der Waals surface area contributed by atoms with Crippen LogP contribution in [0, 0.1) is 6.92 Å². The van der Waals surface area contributed by atoms with E-state index in [0.29, 0.717) is 17.9 Å². The molecule has 0 aliphatic carbocycles. The number of halogens is 1. The van der Waals surface area contributed by atoms with Crippen molar-refractivity contribution in [2.75, 3.05) is 7.11 Å². The molecule has 0 heterocycles. The lowest BCUT2D eigenvalue weighted by Gasteiger charge is -2.29. The minimum absolute atomic E-state index is 0.200. The summed E-state index contributed by atoms with van der Waals surface area (Å²) in [7, 11) is 1.33. The highest BCUT2D eigenvalue weighted by atomic mass is 35.5. The fourth-order valence-corrected chi connectivity index (χ4v) is 2.53. The molecule has 1 N–H and O–H groups in total. The van der Waals surface area contributed by atoms with E-state index < -0.39 is 11.5 Å². The molecule has 4 nitrogen and oxygen atoms in total. The highest BCUT2D eigenvalue weighted by molar-refractivity contribution is 6.30. The van der Waals surface area contributed by atoms with E-state index in [1.54, 1.807) is 6.07 Å². The molecular weight excluding hydrogens is 290 g/mol. The Morgan fingerprint density at radius 2 is 1.90 bits per heavy atom. The number of carbonyl (C=O) groups is 2. The van der Waals surface area contributed by atoms with Gasteiger partial charge in [0.1, 0.15) is 5.54 Å². The SMILES string of the molecule is CCC(CC)(NC(=O)Cc1ccc(Cl)cc1C)C(=O)OC. The molecule has 1 aromatic carbocycles. The van der Waals surface area contributed by atoms with Crippen LogP contribution in [0.1, 0.15) is 37.8 Å². The number of amides is 1. The van der Waals surface area contributed by atoms with Gasteiger partial charge in [0.15, 0.2) is 0 Å². The van der Waals surface area contributed by atoms with Crippen LogP contribution in [0.2, 0.25) is 5.02 Å². The molecule has 5 heteroatoms. The van der Waals surface area contributed by atoms with E-state index >= 15 is 0 Å². The highest BCUT2D eigenvalue weighted by Gasteiger charge is 2.37. The minimum Gasteiger partial charge on any atom is -0.467 e. The molecule has 0 aliphatic rings. The maximum Gasteiger partial charge on any atom is 0.331 e. The highest BCUT2D eigenvalue weighted by Crippen LogP contribution is 2.19. The average molecular weight is 312 g/mol. The van der Waals surface area contributed by atoms with Crippen molar-refractivity contribution < 1.29 is 14.3 Å². The molecule has 1 amide bonds. The fourth-order valence-electron chi connectivity index (χ4n) is 2.30. The standard InChI is InChI=1S/C16H22ClNO3/c1-5-16(6-2,15(20)21-4)18-14(19)10-12-7-8-13(17)9-11(12)3/h7-9H,5-6,10H2,1-4H3,(H,18,19). The summed E-state index contributed by atoms with van der Waals surface area (Å²) in [6.45, 7) is 5.62. The van der Waals surface area contributed by atoms with Gasteiger partial charge < -0.3 is 10.1 Å². The normalized spacial score (nSPS) is 11.1. The molecular formula is C16H22ClNO3. The van der Waals surface area contributed by atoms with Crippen LogP contribution >= 0.6 is 11.6 Å². The molecule has 0 radical (unpaired) electrons. The first-order valence-electron chi connectivity index (χ1n) is 7.03. The van der Waals surface area contributed by atoms with Crippen molar-refractivity contribution in [3.05, 3.63) is 34.3 Å². The Balaban J connectivity index is 2.86. The number of aryl methyl sites for hydroxylation is 1. The molecule has 0 fully saturated rings. The number of hydrogen-bond acceptors (Lipinski definition) is 3. The number of esters is 1. The van der Waals surface area contributed by atoms with Gasteiger partial charge in [-0.1, -0.05) is 31.5 Å². The number of hydrogen-bond donors (Lipinski definition) is 1. The number of methoxy groups -OCH3 is 1. The van der Waals surface area contributed by atoms with Gasteiger partial charge in [0, 0.05) is 5.02 Å². The van der Waals surface area contributed by atoms with Gasteiger partial charge in [-0.15, -0.1) is 0 Å². The zero-order valence-corrected chi connectivity index (χ0v) is 13.7. The second-order valence-electron chi connectivity index (χ2n) is 5.08. The van der Waals surface area contributed by atoms with Crippen molar-refractivity contribution in [1.82, 2.24) is 5.32 Å². The van der Waals surface area contributed by atoms with Crippen LogP contribution in [0.5, 0.6) is 0 Å². The van der Waals surface area contributed by atoms with Crippen molar-refractivity contribution in [3.63, 3.8) is 0 Å². The number of carbonyl (C=O) groups excluding carboxylic acids is 2. The van der Waals surface area contributed by atoms with Crippen molar-refractivity contribution in [1.29, 1.82) is 0 Å². The fraction of sp³-hybridized carbons (Fsp3) is 0.500. The van der Waals surface area contributed by atoms with E-state index in [4.69, 9.17) is 16.3 Å². The average Bonchev–Trinajstić information content (AvgIpc) is 2.47. The lowest BCUT2D eigenvalue weighted by Crippen LogP contribution is -2.54. The summed E-state index contributed by atoms with van der Waals surface area (Å²) in [4.78, 5) is 24.2. The molecule has 0 aliphatic heterocycles. The number of ether oxygens (including phenoxy) is 1. The summed E-state index contributed by atoms with van der Waals surface area (Å²) >= 11 is 5.90. The van der Waals surface area contributed by atoms with E-state index in [1.807, 2.05) is 32.9 Å². The van der Waals surface area contributed by atoms with Gasteiger partial charge in [0.05, 0.1) is 13.5 Å². The van der Waals surface area contributed by atoms with Gasteiger partial charge in [-0.2, -0.15) is 0 Å². The second-order valence-corrected chi connectivity index (χ2v) is 5.51. The van der Waals surface area contributed by atoms with Crippen LogP contribution in [-0.2, 0) is 20.7 Å². The molecule has 0 aromatic heterocycles. The van der Waals surface area contributed by atoms with Crippen LogP contribution in [0.3, 0.4) is 0 Å². The predicted octanol–water partition coefficient (Wildman–Crippen LogP) is 3.04. The van der Waals surface area contributed by atoms with Gasteiger partial charge in [-0.25, -0.2) is 4.79 Å². The topological polar surface area (TPSA) is 55.4 Å². The quantitative estimate of drug-likeness (QED) is 0.822. The predicted molar refractivity (Wildman–Crippen MR) is 83.4 cm³/mol. The molecule has 0 bridgehead atoms.